The normalized spacial score (nSPS) is 21.9. The van der Waals surface area contributed by atoms with Gasteiger partial charge in [0, 0.05) is 30.5 Å². The Morgan fingerprint density at radius 2 is 2.03 bits per heavy atom. The van der Waals surface area contributed by atoms with Crippen molar-refractivity contribution in [3.63, 3.8) is 0 Å². The minimum atomic E-state index is -4.31. The second-order valence-corrected chi connectivity index (χ2v) is 9.64. The van der Waals surface area contributed by atoms with Crippen molar-refractivity contribution >= 4 is 11.7 Å². The molecule has 0 unspecified atom stereocenters. The number of pyridine rings is 1. The van der Waals surface area contributed by atoms with Crippen LogP contribution in [0.4, 0.5) is 19.0 Å². The van der Waals surface area contributed by atoms with Gasteiger partial charge < -0.3 is 15.4 Å². The molecule has 7 nitrogen and oxygen atoms in total. The summed E-state index contributed by atoms with van der Waals surface area (Å²) < 4.78 is 47.0. The minimum absolute atomic E-state index is 0.0563. The van der Waals surface area contributed by atoms with Crippen molar-refractivity contribution in [3.05, 3.63) is 30.1 Å². The fraction of sp³-hybridized carbons (Fsp3) is 0.591. The number of alkyl halides is 3. The lowest BCUT2D eigenvalue weighted by atomic mass is 9.69. The molecule has 1 amide bonds. The number of aromatic nitrogens is 3. The molecule has 0 aromatic carbocycles. The van der Waals surface area contributed by atoms with Gasteiger partial charge in [0.05, 0.1) is 5.69 Å². The molecule has 174 valence electrons. The van der Waals surface area contributed by atoms with Gasteiger partial charge >= 0.3 is 6.18 Å². The van der Waals surface area contributed by atoms with Gasteiger partial charge in [-0.25, -0.2) is 9.67 Å². The number of carbonyl (C=O) groups is 1. The van der Waals surface area contributed by atoms with E-state index >= 15 is 0 Å². The summed E-state index contributed by atoms with van der Waals surface area (Å²) in [6, 6.07) is 3.09. The van der Waals surface area contributed by atoms with E-state index in [1.807, 2.05) is 0 Å². The number of amides is 1. The molecule has 3 heterocycles. The Kier molecular flexibility index (Phi) is 5.37. The zero-order valence-corrected chi connectivity index (χ0v) is 18.4. The number of rotatable bonds is 6. The summed E-state index contributed by atoms with van der Waals surface area (Å²) in [5.41, 5.74) is 4.34. The Bertz CT molecular complexity index is 1010. The molecule has 2 aliphatic rings. The first-order chi connectivity index (χ1) is 14.9. The van der Waals surface area contributed by atoms with Gasteiger partial charge in [0.15, 0.2) is 0 Å². The third-order valence-electron chi connectivity index (χ3n) is 6.70. The number of carbonyl (C=O) groups excluding carboxylic acids is 1. The van der Waals surface area contributed by atoms with Crippen molar-refractivity contribution in [2.24, 2.45) is 17.1 Å². The van der Waals surface area contributed by atoms with Crippen LogP contribution in [-0.2, 0) is 0 Å². The Labute approximate surface area is 184 Å². The van der Waals surface area contributed by atoms with Gasteiger partial charge in [-0.1, -0.05) is 13.3 Å². The molecule has 0 spiro atoms. The van der Waals surface area contributed by atoms with Gasteiger partial charge in [-0.2, -0.15) is 13.2 Å². The number of primary amides is 1. The van der Waals surface area contributed by atoms with Crippen molar-refractivity contribution in [1.29, 1.82) is 0 Å². The van der Waals surface area contributed by atoms with Gasteiger partial charge in [0.25, 0.3) is 5.91 Å². The van der Waals surface area contributed by atoms with Gasteiger partial charge in [-0.05, 0) is 45.1 Å². The number of anilines is 1. The standard InChI is InChI=1S/C22H28F3N5O2/c1-14-11-20(2,3)29(12-14)19-17(18(26)31)15(5-9-27-19)30-10-6-16(28-30)32-13-21(7-4-8-21)22(23,24)25/h5-6,9-10,14H,4,7-8,11-13H2,1-3H3,(H2,26,31)/t14-/m0/s1. The van der Waals surface area contributed by atoms with E-state index < -0.39 is 24.1 Å². The van der Waals surface area contributed by atoms with Crippen LogP contribution in [0.5, 0.6) is 5.88 Å². The largest absolute Gasteiger partial charge is 0.476 e. The highest BCUT2D eigenvalue weighted by Crippen LogP contribution is 2.53. The van der Waals surface area contributed by atoms with Gasteiger partial charge in [-0.3, -0.25) is 4.79 Å². The van der Waals surface area contributed by atoms with Crippen LogP contribution >= 0.6 is 0 Å². The van der Waals surface area contributed by atoms with Crippen molar-refractivity contribution in [2.45, 2.75) is 58.2 Å². The summed E-state index contributed by atoms with van der Waals surface area (Å²) in [6.45, 7) is 6.58. The Morgan fingerprint density at radius 3 is 2.56 bits per heavy atom. The molecule has 4 rings (SSSR count). The first-order valence-electron chi connectivity index (χ1n) is 10.8. The van der Waals surface area contributed by atoms with E-state index in [9.17, 15) is 18.0 Å². The Balaban J connectivity index is 1.62. The maximum absolute atomic E-state index is 13.4. The number of ether oxygens (including phenoxy) is 1. The molecule has 10 heteroatoms. The molecule has 2 N–H and O–H groups in total. The molecule has 32 heavy (non-hydrogen) atoms. The quantitative estimate of drug-likeness (QED) is 0.715. The van der Waals surface area contributed by atoms with E-state index in [0.717, 1.165) is 13.0 Å². The molecule has 2 aromatic heterocycles. The highest BCUT2D eigenvalue weighted by atomic mass is 19.4. The van der Waals surface area contributed by atoms with Crippen LogP contribution < -0.4 is 15.4 Å². The molecule has 1 aliphatic heterocycles. The summed E-state index contributed by atoms with van der Waals surface area (Å²) in [5, 5.41) is 4.26. The Hall–Kier alpha value is -2.78. The average molecular weight is 451 g/mol. The summed E-state index contributed by atoms with van der Waals surface area (Å²) in [5.74, 6) is 0.313. The van der Waals surface area contributed by atoms with E-state index in [-0.39, 0.29) is 29.8 Å². The zero-order chi connectivity index (χ0) is 23.3. The number of nitrogens with zero attached hydrogens (tertiary/aromatic N) is 4. The van der Waals surface area contributed by atoms with Gasteiger partial charge in [0.1, 0.15) is 23.4 Å². The molecule has 2 aromatic rings. The van der Waals surface area contributed by atoms with Gasteiger partial charge in [-0.15, -0.1) is 5.10 Å². The number of hydrogen-bond donors (Lipinski definition) is 1. The highest BCUT2D eigenvalue weighted by Gasteiger charge is 2.59. The average Bonchev–Trinajstić information content (AvgIpc) is 3.22. The van der Waals surface area contributed by atoms with Crippen LogP contribution in [0, 0.1) is 11.3 Å². The third-order valence-corrected chi connectivity index (χ3v) is 6.70. The second kappa shape index (κ2) is 7.67. The maximum Gasteiger partial charge on any atom is 0.397 e. The fourth-order valence-electron chi connectivity index (χ4n) is 4.88. The summed E-state index contributed by atoms with van der Waals surface area (Å²) in [7, 11) is 0. The summed E-state index contributed by atoms with van der Waals surface area (Å²) >= 11 is 0. The Morgan fingerprint density at radius 1 is 1.31 bits per heavy atom. The monoisotopic (exact) mass is 451 g/mol. The third kappa shape index (κ3) is 3.80. The molecular weight excluding hydrogens is 423 g/mol. The minimum Gasteiger partial charge on any atom is -0.476 e. The molecule has 0 bridgehead atoms. The van der Waals surface area contributed by atoms with Crippen LogP contribution in [0.15, 0.2) is 24.5 Å². The van der Waals surface area contributed by atoms with E-state index in [4.69, 9.17) is 10.5 Å². The van der Waals surface area contributed by atoms with E-state index in [1.165, 1.54) is 10.7 Å². The second-order valence-electron chi connectivity index (χ2n) is 9.64. The van der Waals surface area contributed by atoms with E-state index in [1.54, 1.807) is 18.5 Å². The van der Waals surface area contributed by atoms with Crippen LogP contribution in [0.2, 0.25) is 0 Å². The molecule has 0 radical (unpaired) electrons. The number of hydrogen-bond acceptors (Lipinski definition) is 5. The molecule has 2 fully saturated rings. The van der Waals surface area contributed by atoms with Crippen molar-refractivity contribution in [3.8, 4) is 11.6 Å². The van der Waals surface area contributed by atoms with Crippen LogP contribution in [0.3, 0.4) is 0 Å². The summed E-state index contributed by atoms with van der Waals surface area (Å²) in [4.78, 5) is 19.0. The number of halogens is 3. The van der Waals surface area contributed by atoms with Crippen LogP contribution in [-0.4, -0.2) is 45.5 Å². The predicted octanol–water partition coefficient (Wildman–Crippen LogP) is 4.10. The summed E-state index contributed by atoms with van der Waals surface area (Å²) in [6.07, 6.45) is 0.391. The molecular formula is C22H28F3N5O2. The topological polar surface area (TPSA) is 86.3 Å². The van der Waals surface area contributed by atoms with Crippen molar-refractivity contribution in [1.82, 2.24) is 14.8 Å². The van der Waals surface area contributed by atoms with E-state index in [0.29, 0.717) is 23.8 Å². The van der Waals surface area contributed by atoms with Crippen molar-refractivity contribution in [2.75, 3.05) is 18.1 Å². The highest BCUT2D eigenvalue weighted by molar-refractivity contribution is 6.01. The maximum atomic E-state index is 13.4. The SMILES string of the molecule is C[C@@H]1CN(c2nccc(-n3ccc(OCC4(C(F)(F)F)CCC4)n3)c2C(N)=O)C(C)(C)C1. The predicted molar refractivity (Wildman–Crippen MR) is 113 cm³/mol. The molecule has 1 atom stereocenters. The van der Waals surface area contributed by atoms with Crippen LogP contribution in [0.25, 0.3) is 5.69 Å². The lowest BCUT2D eigenvalue weighted by Gasteiger charge is -2.42. The smallest absolute Gasteiger partial charge is 0.397 e. The molecule has 1 saturated carbocycles. The lowest BCUT2D eigenvalue weighted by molar-refractivity contribution is -0.259. The van der Waals surface area contributed by atoms with E-state index in [2.05, 4.69) is 35.8 Å². The number of nitrogens with two attached hydrogens (primary N) is 1. The van der Waals surface area contributed by atoms with Gasteiger partial charge in [0.2, 0.25) is 5.88 Å². The molecule has 1 aliphatic carbocycles. The first-order valence-corrected chi connectivity index (χ1v) is 10.8. The fourth-order valence-corrected chi connectivity index (χ4v) is 4.88. The van der Waals surface area contributed by atoms with Crippen LogP contribution in [0.1, 0.15) is 56.8 Å². The first kappa shape index (κ1) is 22.4. The molecule has 1 saturated heterocycles. The zero-order valence-electron chi connectivity index (χ0n) is 18.4. The lowest BCUT2D eigenvalue weighted by Crippen LogP contribution is -2.48. The van der Waals surface area contributed by atoms with Crippen molar-refractivity contribution < 1.29 is 22.7 Å².